The normalized spacial score (nSPS) is 10.5. The Morgan fingerprint density at radius 3 is 1.86 bits per heavy atom. The van der Waals surface area contributed by atoms with Crippen LogP contribution in [0.2, 0.25) is 0 Å². The lowest BCUT2D eigenvalue weighted by atomic mass is 10.2. The van der Waals surface area contributed by atoms with Gasteiger partial charge >= 0.3 is 0 Å². The molecule has 0 unspecified atom stereocenters. The van der Waals surface area contributed by atoms with Crippen LogP contribution in [0.25, 0.3) is 0 Å². The van der Waals surface area contributed by atoms with E-state index in [1.165, 1.54) is 27.5 Å². The van der Waals surface area contributed by atoms with Crippen molar-refractivity contribution >= 4 is 12.1 Å². The van der Waals surface area contributed by atoms with Gasteiger partial charge in [0.1, 0.15) is 12.4 Å². The first-order valence-electron chi connectivity index (χ1n) is 11.1. The van der Waals surface area contributed by atoms with E-state index < -0.39 is 0 Å². The average molecular weight is 511 g/mol. The van der Waals surface area contributed by atoms with E-state index in [-0.39, 0.29) is 12.5 Å². The van der Waals surface area contributed by atoms with Gasteiger partial charge in [-0.05, 0) is 54.1 Å². The smallest absolute Gasteiger partial charge is 0.271 e. The molecule has 0 aliphatic carbocycles. The summed E-state index contributed by atoms with van der Waals surface area (Å²) in [6, 6.07) is 13.8. The lowest BCUT2D eigenvalue weighted by molar-refractivity contribution is 0.0955. The van der Waals surface area contributed by atoms with Crippen LogP contribution in [0.3, 0.4) is 0 Å². The summed E-state index contributed by atoms with van der Waals surface area (Å²) in [5, 5.41) is 4.04. The maximum absolute atomic E-state index is 12.5. The van der Waals surface area contributed by atoms with E-state index in [0.29, 0.717) is 51.4 Å². The number of methoxy groups -OCH3 is 6. The number of carbonyl (C=O) groups excluding carboxylic acids is 1. The monoisotopic (exact) mass is 510 g/mol. The zero-order valence-electron chi connectivity index (χ0n) is 21.6. The summed E-state index contributed by atoms with van der Waals surface area (Å²) in [6.45, 7) is 0.264. The van der Waals surface area contributed by atoms with Crippen LogP contribution in [-0.4, -0.2) is 54.8 Å². The number of hydrazone groups is 1. The molecule has 0 radical (unpaired) electrons. The lowest BCUT2D eigenvalue weighted by Crippen LogP contribution is -2.17. The highest BCUT2D eigenvalue weighted by molar-refractivity contribution is 5.95. The van der Waals surface area contributed by atoms with Crippen molar-refractivity contribution in [1.82, 2.24) is 5.43 Å². The van der Waals surface area contributed by atoms with E-state index in [1.54, 1.807) is 57.7 Å². The molecule has 0 spiro atoms. The first-order chi connectivity index (χ1) is 18.0. The average Bonchev–Trinajstić information content (AvgIpc) is 2.94. The molecule has 3 aromatic carbocycles. The Kier molecular flexibility index (Phi) is 9.42. The Morgan fingerprint density at radius 1 is 0.730 bits per heavy atom. The Bertz CT molecular complexity index is 1220. The topological polar surface area (TPSA) is 106 Å². The molecule has 0 aliphatic rings. The second-order valence-electron chi connectivity index (χ2n) is 7.47. The summed E-state index contributed by atoms with van der Waals surface area (Å²) >= 11 is 0. The molecule has 37 heavy (non-hydrogen) atoms. The molecule has 0 saturated heterocycles. The molecule has 1 amide bonds. The van der Waals surface area contributed by atoms with Crippen molar-refractivity contribution in [2.24, 2.45) is 5.10 Å². The second kappa shape index (κ2) is 12.9. The molecule has 0 saturated carbocycles. The highest BCUT2D eigenvalue weighted by Crippen LogP contribution is 2.39. The minimum Gasteiger partial charge on any atom is -0.493 e. The minimum absolute atomic E-state index is 0.264. The first-order valence-corrected chi connectivity index (χ1v) is 11.1. The first kappa shape index (κ1) is 27.0. The number of carbonyl (C=O) groups is 1. The van der Waals surface area contributed by atoms with Crippen LogP contribution in [0.5, 0.6) is 40.2 Å². The van der Waals surface area contributed by atoms with Crippen molar-refractivity contribution < 1.29 is 38.0 Å². The number of rotatable bonds is 12. The number of hydrogen-bond donors (Lipinski definition) is 1. The standard InChI is InChI=1S/C27H30N2O8/c1-31-21-12-9-19(24(34-4)26(21)36-6)15-28-29-27(30)18-7-10-20(11-8-18)37-16-17-13-22(32-2)25(35-5)23(14-17)33-3/h7-15H,16H2,1-6H3,(H,29,30)/b28-15+. The van der Waals surface area contributed by atoms with Gasteiger partial charge in [-0.25, -0.2) is 5.43 Å². The van der Waals surface area contributed by atoms with Crippen LogP contribution >= 0.6 is 0 Å². The molecule has 0 heterocycles. The lowest BCUT2D eigenvalue weighted by Gasteiger charge is -2.14. The number of hydrogen-bond acceptors (Lipinski definition) is 9. The molecular weight excluding hydrogens is 480 g/mol. The SMILES string of the molecule is COc1cc(COc2ccc(C(=O)N/N=C/c3ccc(OC)c(OC)c3OC)cc2)cc(OC)c1OC. The van der Waals surface area contributed by atoms with Crippen LogP contribution in [0, 0.1) is 0 Å². The number of nitrogens with zero attached hydrogens (tertiary/aromatic N) is 1. The number of amides is 1. The summed E-state index contributed by atoms with van der Waals surface area (Å²) in [5.74, 6) is 3.19. The Balaban J connectivity index is 1.63. The summed E-state index contributed by atoms with van der Waals surface area (Å²) in [6.07, 6.45) is 1.47. The molecule has 0 aliphatic heterocycles. The van der Waals surface area contributed by atoms with Crippen molar-refractivity contribution in [3.63, 3.8) is 0 Å². The van der Waals surface area contributed by atoms with Gasteiger partial charge in [0.15, 0.2) is 23.0 Å². The van der Waals surface area contributed by atoms with Gasteiger partial charge in [-0.3, -0.25) is 4.79 Å². The van der Waals surface area contributed by atoms with Crippen LogP contribution in [0.15, 0.2) is 53.6 Å². The Labute approximate surface area is 215 Å². The third-order valence-corrected chi connectivity index (χ3v) is 5.35. The van der Waals surface area contributed by atoms with Gasteiger partial charge in [0.2, 0.25) is 11.5 Å². The quantitative estimate of drug-likeness (QED) is 0.287. The zero-order valence-corrected chi connectivity index (χ0v) is 21.6. The van der Waals surface area contributed by atoms with E-state index in [2.05, 4.69) is 10.5 Å². The zero-order chi connectivity index (χ0) is 26.8. The second-order valence-corrected chi connectivity index (χ2v) is 7.47. The van der Waals surface area contributed by atoms with Crippen LogP contribution < -0.4 is 38.6 Å². The summed E-state index contributed by atoms with van der Waals surface area (Å²) in [5.41, 5.74) is 4.35. The van der Waals surface area contributed by atoms with E-state index in [9.17, 15) is 4.79 Å². The predicted molar refractivity (Wildman–Crippen MR) is 138 cm³/mol. The van der Waals surface area contributed by atoms with Crippen molar-refractivity contribution in [2.45, 2.75) is 6.61 Å². The van der Waals surface area contributed by atoms with Crippen molar-refractivity contribution in [2.75, 3.05) is 42.7 Å². The minimum atomic E-state index is -0.383. The maximum atomic E-state index is 12.5. The molecule has 10 heteroatoms. The molecule has 0 fully saturated rings. The molecule has 196 valence electrons. The van der Waals surface area contributed by atoms with Crippen molar-refractivity contribution in [3.05, 3.63) is 65.2 Å². The Morgan fingerprint density at radius 2 is 1.32 bits per heavy atom. The molecule has 1 N–H and O–H groups in total. The van der Waals surface area contributed by atoms with E-state index in [0.717, 1.165) is 5.56 Å². The third kappa shape index (κ3) is 6.35. The van der Waals surface area contributed by atoms with Gasteiger partial charge in [-0.15, -0.1) is 0 Å². The molecule has 10 nitrogen and oxygen atoms in total. The highest BCUT2D eigenvalue weighted by Gasteiger charge is 2.15. The Hall–Kier alpha value is -4.60. The van der Waals surface area contributed by atoms with Gasteiger partial charge in [-0.1, -0.05) is 0 Å². The maximum Gasteiger partial charge on any atom is 0.271 e. The summed E-state index contributed by atoms with van der Waals surface area (Å²) < 4.78 is 38.0. The molecule has 0 atom stereocenters. The van der Waals surface area contributed by atoms with Gasteiger partial charge in [0, 0.05) is 11.1 Å². The fourth-order valence-corrected chi connectivity index (χ4v) is 3.54. The molecule has 0 aromatic heterocycles. The van der Waals surface area contributed by atoms with Crippen LogP contribution in [0.4, 0.5) is 0 Å². The number of nitrogens with one attached hydrogen (secondary N) is 1. The molecular formula is C27H30N2O8. The number of ether oxygens (including phenoxy) is 7. The van der Waals surface area contributed by atoms with Gasteiger partial charge in [0.25, 0.3) is 5.91 Å². The fraction of sp³-hybridized carbons (Fsp3) is 0.259. The van der Waals surface area contributed by atoms with Gasteiger partial charge < -0.3 is 33.2 Å². The van der Waals surface area contributed by atoms with Crippen molar-refractivity contribution in [1.29, 1.82) is 0 Å². The van der Waals surface area contributed by atoms with Crippen LogP contribution in [-0.2, 0) is 6.61 Å². The highest BCUT2D eigenvalue weighted by atomic mass is 16.5. The van der Waals surface area contributed by atoms with Gasteiger partial charge in [0.05, 0.1) is 48.9 Å². The van der Waals surface area contributed by atoms with E-state index >= 15 is 0 Å². The summed E-state index contributed by atoms with van der Waals surface area (Å²) in [4.78, 5) is 12.5. The van der Waals surface area contributed by atoms with E-state index in [4.69, 9.17) is 33.2 Å². The van der Waals surface area contributed by atoms with Crippen molar-refractivity contribution in [3.8, 4) is 40.2 Å². The van der Waals surface area contributed by atoms with Crippen LogP contribution in [0.1, 0.15) is 21.5 Å². The number of benzene rings is 3. The molecule has 0 bridgehead atoms. The molecule has 3 rings (SSSR count). The predicted octanol–water partition coefficient (Wildman–Crippen LogP) is 4.08. The molecule has 3 aromatic rings. The largest absolute Gasteiger partial charge is 0.493 e. The summed E-state index contributed by atoms with van der Waals surface area (Å²) in [7, 11) is 9.22. The van der Waals surface area contributed by atoms with E-state index in [1.807, 2.05) is 12.1 Å². The third-order valence-electron chi connectivity index (χ3n) is 5.35. The van der Waals surface area contributed by atoms with Gasteiger partial charge in [-0.2, -0.15) is 5.10 Å². The fourth-order valence-electron chi connectivity index (χ4n) is 3.54.